The van der Waals surface area contributed by atoms with Gasteiger partial charge in [-0.05, 0) is 18.6 Å². The van der Waals surface area contributed by atoms with Crippen molar-refractivity contribution < 1.29 is 9.53 Å². The maximum absolute atomic E-state index is 12.5. The molecule has 3 heterocycles. The molecule has 1 fully saturated rings. The zero-order valence-corrected chi connectivity index (χ0v) is 14.8. The number of morpholine rings is 1. The third-order valence-corrected chi connectivity index (χ3v) is 4.33. The lowest BCUT2D eigenvalue weighted by Crippen LogP contribution is -2.42. The maximum Gasteiger partial charge on any atom is 0.222 e. The van der Waals surface area contributed by atoms with Crippen molar-refractivity contribution >= 4 is 11.7 Å². The van der Waals surface area contributed by atoms with Gasteiger partial charge in [-0.25, -0.2) is 9.97 Å². The average Bonchev–Trinajstić information content (AvgIpc) is 3.15. The molecule has 1 aliphatic heterocycles. The predicted octanol–water partition coefficient (Wildman–Crippen LogP) is 1.72. The number of carbonyl (C=O) groups excluding carboxylic acids is 1. The summed E-state index contributed by atoms with van der Waals surface area (Å²) in [5.41, 5.74) is 0.877. The van der Waals surface area contributed by atoms with Crippen LogP contribution in [0, 0.1) is 0 Å². The van der Waals surface area contributed by atoms with E-state index in [-0.39, 0.29) is 12.0 Å². The molecular formula is C18H25N5O2. The van der Waals surface area contributed by atoms with Crippen LogP contribution in [-0.4, -0.2) is 59.1 Å². The molecule has 134 valence electrons. The number of anilines is 1. The van der Waals surface area contributed by atoms with Crippen LogP contribution >= 0.6 is 0 Å². The Bertz CT molecular complexity index is 687. The Morgan fingerprint density at radius 2 is 2.28 bits per heavy atom. The average molecular weight is 343 g/mol. The third-order valence-electron chi connectivity index (χ3n) is 4.33. The highest BCUT2D eigenvalue weighted by molar-refractivity contribution is 5.76. The predicted molar refractivity (Wildman–Crippen MR) is 95.3 cm³/mol. The second kappa shape index (κ2) is 8.11. The number of carbonyl (C=O) groups is 1. The van der Waals surface area contributed by atoms with Crippen LogP contribution in [0.4, 0.5) is 5.82 Å². The molecule has 1 amide bonds. The molecule has 0 radical (unpaired) electrons. The van der Waals surface area contributed by atoms with E-state index in [1.165, 1.54) is 0 Å². The first-order valence-corrected chi connectivity index (χ1v) is 8.63. The van der Waals surface area contributed by atoms with Crippen LogP contribution in [0.25, 0.3) is 0 Å². The van der Waals surface area contributed by atoms with Crippen LogP contribution in [-0.2, 0) is 16.1 Å². The number of imidazole rings is 1. The van der Waals surface area contributed by atoms with Crippen molar-refractivity contribution in [2.75, 3.05) is 38.7 Å². The fraction of sp³-hybridized carbons (Fsp3) is 0.500. The standard InChI is InChI=1S/C18H25N5O2/c1-21(2)17-6-3-5-15(20-17)16-13-23(11-12-25-16)18(24)7-4-9-22-10-8-19-14-22/h3,5-6,8,10,14,16H,4,7,9,11-13H2,1-2H3. The van der Waals surface area contributed by atoms with Crippen molar-refractivity contribution in [2.45, 2.75) is 25.5 Å². The van der Waals surface area contributed by atoms with E-state index in [4.69, 9.17) is 4.74 Å². The van der Waals surface area contributed by atoms with Gasteiger partial charge in [-0.15, -0.1) is 0 Å². The topological polar surface area (TPSA) is 63.5 Å². The summed E-state index contributed by atoms with van der Waals surface area (Å²) < 4.78 is 7.85. The number of amides is 1. The fourth-order valence-corrected chi connectivity index (χ4v) is 2.91. The van der Waals surface area contributed by atoms with E-state index >= 15 is 0 Å². The van der Waals surface area contributed by atoms with Gasteiger partial charge in [0.25, 0.3) is 0 Å². The molecule has 0 aromatic carbocycles. The van der Waals surface area contributed by atoms with Gasteiger partial charge in [0.15, 0.2) is 0 Å². The molecule has 0 N–H and O–H groups in total. The molecule has 0 saturated carbocycles. The summed E-state index contributed by atoms with van der Waals surface area (Å²) in [5.74, 6) is 1.07. The second-order valence-electron chi connectivity index (χ2n) is 6.42. The Hall–Kier alpha value is -2.41. The minimum Gasteiger partial charge on any atom is -0.368 e. The van der Waals surface area contributed by atoms with Crippen molar-refractivity contribution in [3.63, 3.8) is 0 Å². The van der Waals surface area contributed by atoms with Crippen LogP contribution in [0.5, 0.6) is 0 Å². The lowest BCUT2D eigenvalue weighted by atomic mass is 10.1. The molecule has 7 heteroatoms. The summed E-state index contributed by atoms with van der Waals surface area (Å²) in [4.78, 5) is 25.0. The van der Waals surface area contributed by atoms with Gasteiger partial charge in [0.05, 0.1) is 25.2 Å². The molecule has 3 rings (SSSR count). The highest BCUT2D eigenvalue weighted by Gasteiger charge is 2.26. The first-order valence-electron chi connectivity index (χ1n) is 8.63. The zero-order chi connectivity index (χ0) is 17.6. The van der Waals surface area contributed by atoms with Crippen LogP contribution in [0.15, 0.2) is 36.9 Å². The van der Waals surface area contributed by atoms with Gasteiger partial charge in [-0.3, -0.25) is 4.79 Å². The summed E-state index contributed by atoms with van der Waals surface area (Å²) >= 11 is 0. The minimum atomic E-state index is -0.161. The number of hydrogen-bond donors (Lipinski definition) is 0. The Morgan fingerprint density at radius 1 is 1.40 bits per heavy atom. The van der Waals surface area contributed by atoms with Gasteiger partial charge in [0.1, 0.15) is 11.9 Å². The van der Waals surface area contributed by atoms with E-state index in [0.717, 1.165) is 24.5 Å². The van der Waals surface area contributed by atoms with Crippen molar-refractivity contribution in [3.8, 4) is 0 Å². The van der Waals surface area contributed by atoms with Crippen molar-refractivity contribution in [1.29, 1.82) is 0 Å². The molecular weight excluding hydrogens is 318 g/mol. The number of ether oxygens (including phenoxy) is 1. The molecule has 25 heavy (non-hydrogen) atoms. The molecule has 1 unspecified atom stereocenters. The minimum absolute atomic E-state index is 0.161. The van der Waals surface area contributed by atoms with Gasteiger partial charge in [-0.1, -0.05) is 6.07 Å². The number of aryl methyl sites for hydroxylation is 1. The Labute approximate surface area is 148 Å². The van der Waals surface area contributed by atoms with E-state index in [0.29, 0.717) is 26.1 Å². The summed E-state index contributed by atoms with van der Waals surface area (Å²) in [6, 6.07) is 5.91. The first-order chi connectivity index (χ1) is 12.1. The van der Waals surface area contributed by atoms with E-state index in [1.54, 1.807) is 12.5 Å². The van der Waals surface area contributed by atoms with E-state index in [9.17, 15) is 4.79 Å². The summed E-state index contributed by atoms with van der Waals surface area (Å²) in [6.07, 6.45) is 6.63. The number of aromatic nitrogens is 3. The van der Waals surface area contributed by atoms with Gasteiger partial charge >= 0.3 is 0 Å². The Kier molecular flexibility index (Phi) is 5.65. The molecule has 0 aliphatic carbocycles. The molecule has 1 atom stereocenters. The van der Waals surface area contributed by atoms with Crippen molar-refractivity contribution in [2.24, 2.45) is 0 Å². The van der Waals surface area contributed by atoms with Gasteiger partial charge in [0.2, 0.25) is 5.91 Å². The number of rotatable bonds is 6. The fourth-order valence-electron chi connectivity index (χ4n) is 2.91. The number of pyridine rings is 1. The largest absolute Gasteiger partial charge is 0.368 e. The highest BCUT2D eigenvalue weighted by Crippen LogP contribution is 2.23. The monoisotopic (exact) mass is 343 g/mol. The molecule has 2 aromatic rings. The zero-order valence-electron chi connectivity index (χ0n) is 14.8. The van der Waals surface area contributed by atoms with Crippen LogP contribution in [0.3, 0.4) is 0 Å². The Balaban J connectivity index is 1.55. The maximum atomic E-state index is 12.5. The van der Waals surface area contributed by atoms with Crippen LogP contribution < -0.4 is 4.90 Å². The second-order valence-corrected chi connectivity index (χ2v) is 6.42. The van der Waals surface area contributed by atoms with Gasteiger partial charge in [0, 0.05) is 46.0 Å². The molecule has 1 aliphatic rings. The van der Waals surface area contributed by atoms with Crippen LogP contribution in [0.1, 0.15) is 24.6 Å². The SMILES string of the molecule is CN(C)c1cccc(C2CN(C(=O)CCCn3ccnc3)CCO2)n1. The van der Waals surface area contributed by atoms with Gasteiger partial charge in [-0.2, -0.15) is 0 Å². The summed E-state index contributed by atoms with van der Waals surface area (Å²) in [5, 5.41) is 0. The lowest BCUT2D eigenvalue weighted by molar-refractivity contribution is -0.139. The molecule has 7 nitrogen and oxygen atoms in total. The molecule has 2 aromatic heterocycles. The summed E-state index contributed by atoms with van der Waals surface area (Å²) in [7, 11) is 3.92. The Morgan fingerprint density at radius 3 is 3.04 bits per heavy atom. The molecule has 1 saturated heterocycles. The van der Waals surface area contributed by atoms with Gasteiger partial charge < -0.3 is 19.1 Å². The molecule has 0 spiro atoms. The van der Waals surface area contributed by atoms with Crippen molar-refractivity contribution in [3.05, 3.63) is 42.6 Å². The third kappa shape index (κ3) is 4.57. The van der Waals surface area contributed by atoms with Crippen LogP contribution in [0.2, 0.25) is 0 Å². The number of hydrogen-bond acceptors (Lipinski definition) is 5. The highest BCUT2D eigenvalue weighted by atomic mass is 16.5. The normalized spacial score (nSPS) is 17.5. The molecule has 0 bridgehead atoms. The van der Waals surface area contributed by atoms with E-state index in [1.807, 2.05) is 52.9 Å². The first kappa shape index (κ1) is 17.4. The van der Waals surface area contributed by atoms with Crippen molar-refractivity contribution in [1.82, 2.24) is 19.4 Å². The number of nitrogens with zero attached hydrogens (tertiary/aromatic N) is 5. The lowest BCUT2D eigenvalue weighted by Gasteiger charge is -2.33. The smallest absolute Gasteiger partial charge is 0.222 e. The van der Waals surface area contributed by atoms with E-state index < -0.39 is 0 Å². The van der Waals surface area contributed by atoms with E-state index in [2.05, 4.69) is 9.97 Å². The summed E-state index contributed by atoms with van der Waals surface area (Å²) in [6.45, 7) is 2.57. The quantitative estimate of drug-likeness (QED) is 0.799.